The zero-order chi connectivity index (χ0) is 12.4. The highest BCUT2D eigenvalue weighted by atomic mass is 19.2. The Hall–Kier alpha value is -1.16. The summed E-state index contributed by atoms with van der Waals surface area (Å²) in [5.41, 5.74) is 1.33. The lowest BCUT2D eigenvalue weighted by Gasteiger charge is -2.27. The number of nitrogens with one attached hydrogen (secondary N) is 1. The smallest absolute Gasteiger partial charge is 0.182 e. The molecule has 0 radical (unpaired) electrons. The molecule has 1 saturated heterocycles. The number of piperidine rings is 1. The van der Waals surface area contributed by atoms with Gasteiger partial charge in [-0.05, 0) is 43.5 Å². The molecule has 0 spiro atoms. The van der Waals surface area contributed by atoms with Gasteiger partial charge in [0.2, 0.25) is 0 Å². The summed E-state index contributed by atoms with van der Waals surface area (Å²) in [6.45, 7) is 1.88. The number of nitrogens with zero attached hydrogens (tertiary/aromatic N) is 1. The van der Waals surface area contributed by atoms with E-state index < -0.39 is 11.6 Å². The molecule has 1 heterocycles. The van der Waals surface area contributed by atoms with Crippen molar-refractivity contribution in [3.63, 3.8) is 0 Å². The van der Waals surface area contributed by atoms with Crippen molar-refractivity contribution in [2.75, 3.05) is 32.1 Å². The standard InChI is InChI=1S/C13H18F2N2/c1-17(2)13-10(3-4-11(14)12(13)15)9-5-7-16-8-6-9/h3-4,9,16H,5-8H2,1-2H3. The normalized spacial score (nSPS) is 17.2. The molecule has 0 bridgehead atoms. The third-order valence-corrected chi connectivity index (χ3v) is 3.33. The molecule has 1 aromatic carbocycles. The van der Waals surface area contributed by atoms with Crippen LogP contribution in [0.25, 0.3) is 0 Å². The summed E-state index contributed by atoms with van der Waals surface area (Å²) in [5, 5.41) is 3.28. The minimum atomic E-state index is -0.772. The second-order valence-electron chi connectivity index (χ2n) is 4.72. The molecule has 1 fully saturated rings. The van der Waals surface area contributed by atoms with Crippen molar-refractivity contribution in [1.82, 2.24) is 5.32 Å². The molecular weight excluding hydrogens is 222 g/mol. The fourth-order valence-electron chi connectivity index (χ4n) is 2.47. The quantitative estimate of drug-likeness (QED) is 0.854. The highest BCUT2D eigenvalue weighted by molar-refractivity contribution is 5.55. The summed E-state index contributed by atoms with van der Waals surface area (Å²) in [5.74, 6) is -1.18. The fraction of sp³-hybridized carbons (Fsp3) is 0.538. The van der Waals surface area contributed by atoms with Crippen LogP contribution < -0.4 is 10.2 Å². The minimum absolute atomic E-state index is 0.323. The van der Waals surface area contributed by atoms with E-state index >= 15 is 0 Å². The highest BCUT2D eigenvalue weighted by Gasteiger charge is 2.23. The van der Waals surface area contributed by atoms with Crippen LogP contribution in [0.15, 0.2) is 12.1 Å². The summed E-state index contributed by atoms with van der Waals surface area (Å²) in [6.07, 6.45) is 1.96. The number of rotatable bonds is 2. The van der Waals surface area contributed by atoms with Gasteiger partial charge in [-0.3, -0.25) is 0 Å². The summed E-state index contributed by atoms with van der Waals surface area (Å²) in [6, 6.07) is 2.96. The molecule has 1 aliphatic heterocycles. The molecule has 0 amide bonds. The average molecular weight is 240 g/mol. The first kappa shape index (κ1) is 12.3. The lowest BCUT2D eigenvalue weighted by molar-refractivity contribution is 0.454. The second kappa shape index (κ2) is 5.00. The molecular formula is C13H18F2N2. The topological polar surface area (TPSA) is 15.3 Å². The van der Waals surface area contributed by atoms with Gasteiger partial charge < -0.3 is 10.2 Å². The van der Waals surface area contributed by atoms with Crippen LogP contribution in [0.4, 0.5) is 14.5 Å². The van der Waals surface area contributed by atoms with Crippen molar-refractivity contribution in [3.8, 4) is 0 Å². The number of hydrogen-bond acceptors (Lipinski definition) is 2. The minimum Gasteiger partial charge on any atom is -0.375 e. The summed E-state index contributed by atoms with van der Waals surface area (Å²) >= 11 is 0. The van der Waals surface area contributed by atoms with Gasteiger partial charge >= 0.3 is 0 Å². The monoisotopic (exact) mass is 240 g/mol. The van der Waals surface area contributed by atoms with Gasteiger partial charge in [-0.1, -0.05) is 6.07 Å². The Morgan fingerprint density at radius 1 is 1.18 bits per heavy atom. The van der Waals surface area contributed by atoms with Gasteiger partial charge in [-0.2, -0.15) is 0 Å². The largest absolute Gasteiger partial charge is 0.375 e. The maximum Gasteiger partial charge on any atom is 0.182 e. The molecule has 0 atom stereocenters. The van der Waals surface area contributed by atoms with Gasteiger partial charge in [0.25, 0.3) is 0 Å². The predicted octanol–water partition coefficient (Wildman–Crippen LogP) is 2.50. The van der Waals surface area contributed by atoms with Crippen molar-refractivity contribution in [1.29, 1.82) is 0 Å². The predicted molar refractivity (Wildman–Crippen MR) is 65.5 cm³/mol. The van der Waals surface area contributed by atoms with Gasteiger partial charge in [-0.15, -0.1) is 0 Å². The van der Waals surface area contributed by atoms with Gasteiger partial charge in [0.05, 0.1) is 5.69 Å². The fourth-order valence-corrected chi connectivity index (χ4v) is 2.47. The Morgan fingerprint density at radius 3 is 2.41 bits per heavy atom. The van der Waals surface area contributed by atoms with Crippen molar-refractivity contribution in [2.24, 2.45) is 0 Å². The highest BCUT2D eigenvalue weighted by Crippen LogP contribution is 2.35. The van der Waals surface area contributed by atoms with E-state index in [1.165, 1.54) is 6.07 Å². The molecule has 1 aromatic rings. The van der Waals surface area contributed by atoms with E-state index in [0.29, 0.717) is 11.6 Å². The zero-order valence-corrected chi connectivity index (χ0v) is 10.3. The average Bonchev–Trinajstić information content (AvgIpc) is 2.33. The molecule has 2 rings (SSSR count). The molecule has 17 heavy (non-hydrogen) atoms. The van der Waals surface area contributed by atoms with Crippen LogP contribution in [0.5, 0.6) is 0 Å². The Balaban J connectivity index is 2.41. The van der Waals surface area contributed by atoms with E-state index in [9.17, 15) is 8.78 Å². The third kappa shape index (κ3) is 2.41. The number of benzene rings is 1. The zero-order valence-electron chi connectivity index (χ0n) is 10.3. The number of halogens is 2. The van der Waals surface area contributed by atoms with Gasteiger partial charge in [-0.25, -0.2) is 8.78 Å². The van der Waals surface area contributed by atoms with E-state index in [4.69, 9.17) is 0 Å². The van der Waals surface area contributed by atoms with Gasteiger partial charge in [0, 0.05) is 14.1 Å². The first-order chi connectivity index (χ1) is 8.11. The van der Waals surface area contributed by atoms with E-state index in [-0.39, 0.29) is 0 Å². The van der Waals surface area contributed by atoms with Crippen LogP contribution in [0.1, 0.15) is 24.3 Å². The molecule has 0 aliphatic carbocycles. The summed E-state index contributed by atoms with van der Waals surface area (Å²) in [4.78, 5) is 1.66. The second-order valence-corrected chi connectivity index (χ2v) is 4.72. The first-order valence-corrected chi connectivity index (χ1v) is 5.97. The molecule has 94 valence electrons. The van der Waals surface area contributed by atoms with E-state index in [0.717, 1.165) is 31.5 Å². The first-order valence-electron chi connectivity index (χ1n) is 5.97. The van der Waals surface area contributed by atoms with Crippen molar-refractivity contribution < 1.29 is 8.78 Å². The van der Waals surface area contributed by atoms with Crippen LogP contribution in [0.2, 0.25) is 0 Å². The molecule has 1 aliphatic rings. The van der Waals surface area contributed by atoms with Crippen LogP contribution >= 0.6 is 0 Å². The Kier molecular flexibility index (Phi) is 3.62. The Bertz CT molecular complexity index is 399. The molecule has 2 nitrogen and oxygen atoms in total. The number of hydrogen-bond donors (Lipinski definition) is 1. The van der Waals surface area contributed by atoms with Crippen molar-refractivity contribution >= 4 is 5.69 Å². The van der Waals surface area contributed by atoms with Gasteiger partial charge in [0.15, 0.2) is 11.6 Å². The van der Waals surface area contributed by atoms with E-state index in [1.807, 2.05) is 0 Å². The lowest BCUT2D eigenvalue weighted by atomic mass is 9.88. The SMILES string of the molecule is CN(C)c1c(C2CCNCC2)ccc(F)c1F. The molecule has 0 saturated carbocycles. The molecule has 4 heteroatoms. The van der Waals surface area contributed by atoms with Crippen molar-refractivity contribution in [3.05, 3.63) is 29.3 Å². The molecule has 0 unspecified atom stereocenters. The maximum absolute atomic E-state index is 13.8. The summed E-state index contributed by atoms with van der Waals surface area (Å²) < 4.78 is 27.1. The maximum atomic E-state index is 13.8. The van der Waals surface area contributed by atoms with Crippen LogP contribution in [0, 0.1) is 11.6 Å². The number of anilines is 1. The third-order valence-electron chi connectivity index (χ3n) is 3.33. The lowest BCUT2D eigenvalue weighted by Crippen LogP contribution is -2.28. The van der Waals surface area contributed by atoms with Crippen LogP contribution in [-0.2, 0) is 0 Å². The van der Waals surface area contributed by atoms with Crippen LogP contribution in [-0.4, -0.2) is 27.2 Å². The summed E-state index contributed by atoms with van der Waals surface area (Å²) in [7, 11) is 3.50. The van der Waals surface area contributed by atoms with Gasteiger partial charge in [0.1, 0.15) is 0 Å². The van der Waals surface area contributed by atoms with Crippen molar-refractivity contribution in [2.45, 2.75) is 18.8 Å². The molecule has 0 aromatic heterocycles. The Morgan fingerprint density at radius 2 is 1.82 bits per heavy atom. The molecule has 1 N–H and O–H groups in total. The Labute approximate surface area is 101 Å². The van der Waals surface area contributed by atoms with Crippen LogP contribution in [0.3, 0.4) is 0 Å². The van der Waals surface area contributed by atoms with E-state index in [2.05, 4.69) is 5.32 Å². The van der Waals surface area contributed by atoms with E-state index in [1.54, 1.807) is 25.1 Å².